The molecule has 6 heteroatoms. The number of anilines is 1. The van der Waals surface area contributed by atoms with Crippen LogP contribution in [0.4, 0.5) is 5.95 Å². The van der Waals surface area contributed by atoms with Crippen molar-refractivity contribution in [2.24, 2.45) is 0 Å². The Morgan fingerprint density at radius 1 is 1.25 bits per heavy atom. The monoisotopic (exact) mass is 254 g/mol. The number of thiophene rings is 1. The number of nitrogens with zero attached hydrogens (tertiary/aromatic N) is 3. The molecule has 84 valence electrons. The molecule has 0 spiro atoms. The lowest BCUT2D eigenvalue weighted by Crippen LogP contribution is -2.06. The van der Waals surface area contributed by atoms with Crippen LogP contribution in [0.3, 0.4) is 0 Å². The molecule has 16 heavy (non-hydrogen) atoms. The van der Waals surface area contributed by atoms with E-state index in [1.807, 2.05) is 26.0 Å². The van der Waals surface area contributed by atoms with E-state index in [0.29, 0.717) is 12.5 Å². The lowest BCUT2D eigenvalue weighted by atomic mass is 10.4. The van der Waals surface area contributed by atoms with Gasteiger partial charge in [0.1, 0.15) is 0 Å². The number of halogens is 1. The van der Waals surface area contributed by atoms with E-state index in [1.165, 1.54) is 0 Å². The van der Waals surface area contributed by atoms with Crippen LogP contribution in [-0.4, -0.2) is 15.2 Å². The van der Waals surface area contributed by atoms with Crippen LogP contribution in [0.25, 0.3) is 0 Å². The average molecular weight is 255 g/mol. The summed E-state index contributed by atoms with van der Waals surface area (Å²) in [5.74, 6) is 0.549. The van der Waals surface area contributed by atoms with Gasteiger partial charge in [0.15, 0.2) is 0 Å². The Bertz CT molecular complexity index is 497. The highest BCUT2D eigenvalue weighted by Crippen LogP contribution is 2.21. The Balaban J connectivity index is 2.02. The molecule has 1 N–H and O–H groups in total. The molecule has 2 aromatic heterocycles. The SMILES string of the molecule is Cc1nnc(NCc2ccc(Cl)s2)nc1C. The third-order valence-corrected chi connectivity index (χ3v) is 3.37. The molecule has 0 aliphatic heterocycles. The van der Waals surface area contributed by atoms with Gasteiger partial charge in [-0.05, 0) is 26.0 Å². The molecule has 0 aliphatic rings. The molecule has 0 bridgehead atoms. The third kappa shape index (κ3) is 2.68. The van der Waals surface area contributed by atoms with E-state index < -0.39 is 0 Å². The molecule has 0 fully saturated rings. The summed E-state index contributed by atoms with van der Waals surface area (Å²) < 4.78 is 0.788. The first-order chi connectivity index (χ1) is 7.65. The van der Waals surface area contributed by atoms with Gasteiger partial charge in [-0.25, -0.2) is 4.98 Å². The summed E-state index contributed by atoms with van der Waals surface area (Å²) in [4.78, 5) is 5.43. The van der Waals surface area contributed by atoms with E-state index in [9.17, 15) is 0 Å². The second-order valence-electron chi connectivity index (χ2n) is 3.37. The largest absolute Gasteiger partial charge is 0.348 e. The van der Waals surface area contributed by atoms with Gasteiger partial charge in [0, 0.05) is 4.88 Å². The minimum Gasteiger partial charge on any atom is -0.348 e. The standard InChI is InChI=1S/C10H11ClN4S/c1-6-7(2)14-15-10(13-6)12-5-8-3-4-9(11)16-8/h3-4H,5H2,1-2H3,(H,12,13,15). The summed E-state index contributed by atoms with van der Waals surface area (Å²) in [6.07, 6.45) is 0. The normalized spacial score (nSPS) is 10.4. The highest BCUT2D eigenvalue weighted by Gasteiger charge is 2.02. The zero-order chi connectivity index (χ0) is 11.5. The lowest BCUT2D eigenvalue weighted by molar-refractivity contribution is 0.887. The van der Waals surface area contributed by atoms with Gasteiger partial charge >= 0.3 is 0 Å². The number of hydrogen-bond donors (Lipinski definition) is 1. The number of aryl methyl sites for hydroxylation is 2. The van der Waals surface area contributed by atoms with Crippen LogP contribution < -0.4 is 5.32 Å². The van der Waals surface area contributed by atoms with Gasteiger partial charge in [-0.1, -0.05) is 11.6 Å². The fourth-order valence-electron chi connectivity index (χ4n) is 1.14. The Kier molecular flexibility index (Phi) is 3.36. The van der Waals surface area contributed by atoms with Crippen LogP contribution in [0.15, 0.2) is 12.1 Å². The molecule has 4 nitrogen and oxygen atoms in total. The van der Waals surface area contributed by atoms with Crippen LogP contribution >= 0.6 is 22.9 Å². The van der Waals surface area contributed by atoms with Crippen LogP contribution in [0, 0.1) is 13.8 Å². The van der Waals surface area contributed by atoms with Crippen molar-refractivity contribution >= 4 is 28.9 Å². The summed E-state index contributed by atoms with van der Waals surface area (Å²) in [6, 6.07) is 3.86. The fourth-order valence-corrected chi connectivity index (χ4v) is 2.17. The van der Waals surface area contributed by atoms with Gasteiger partial charge in [-0.3, -0.25) is 0 Å². The summed E-state index contributed by atoms with van der Waals surface area (Å²) in [5.41, 5.74) is 1.74. The molecule has 0 atom stereocenters. The molecule has 0 saturated heterocycles. The smallest absolute Gasteiger partial charge is 0.243 e. The van der Waals surface area contributed by atoms with Crippen molar-refractivity contribution in [3.8, 4) is 0 Å². The molecule has 0 aromatic carbocycles. The van der Waals surface area contributed by atoms with E-state index in [1.54, 1.807) is 11.3 Å². The first kappa shape index (κ1) is 11.3. The fraction of sp³-hybridized carbons (Fsp3) is 0.300. The van der Waals surface area contributed by atoms with Gasteiger partial charge in [0.25, 0.3) is 0 Å². The Morgan fingerprint density at radius 2 is 2.06 bits per heavy atom. The predicted octanol–water partition coefficient (Wildman–Crippen LogP) is 2.82. The molecule has 2 rings (SSSR count). The van der Waals surface area contributed by atoms with E-state index >= 15 is 0 Å². The van der Waals surface area contributed by atoms with Gasteiger partial charge in [-0.2, -0.15) is 5.10 Å². The van der Waals surface area contributed by atoms with Crippen molar-refractivity contribution in [1.29, 1.82) is 0 Å². The van der Waals surface area contributed by atoms with E-state index in [0.717, 1.165) is 20.6 Å². The minimum absolute atomic E-state index is 0.549. The summed E-state index contributed by atoms with van der Waals surface area (Å²) in [5, 5.41) is 11.1. The molecule has 0 saturated carbocycles. The third-order valence-electron chi connectivity index (χ3n) is 2.14. The zero-order valence-corrected chi connectivity index (χ0v) is 10.6. The maximum absolute atomic E-state index is 5.84. The van der Waals surface area contributed by atoms with Crippen LogP contribution in [-0.2, 0) is 6.54 Å². The quantitative estimate of drug-likeness (QED) is 0.915. The first-order valence-corrected chi connectivity index (χ1v) is 6.00. The van der Waals surface area contributed by atoms with Gasteiger partial charge < -0.3 is 5.32 Å². The molecule has 0 aliphatic carbocycles. The van der Waals surface area contributed by atoms with Crippen molar-refractivity contribution < 1.29 is 0 Å². The zero-order valence-electron chi connectivity index (χ0n) is 8.99. The molecule has 0 amide bonds. The molecule has 0 unspecified atom stereocenters. The first-order valence-electron chi connectivity index (χ1n) is 4.81. The molecular weight excluding hydrogens is 244 g/mol. The highest BCUT2D eigenvalue weighted by atomic mass is 35.5. The maximum Gasteiger partial charge on any atom is 0.243 e. The summed E-state index contributed by atoms with van der Waals surface area (Å²) in [7, 11) is 0. The maximum atomic E-state index is 5.84. The summed E-state index contributed by atoms with van der Waals surface area (Å²) >= 11 is 7.38. The second-order valence-corrected chi connectivity index (χ2v) is 5.17. The van der Waals surface area contributed by atoms with Crippen molar-refractivity contribution in [3.63, 3.8) is 0 Å². The Hall–Kier alpha value is -1.20. The van der Waals surface area contributed by atoms with Crippen LogP contribution in [0.1, 0.15) is 16.3 Å². The Labute approximate surface area is 103 Å². The number of hydrogen-bond acceptors (Lipinski definition) is 5. The van der Waals surface area contributed by atoms with Crippen molar-refractivity contribution in [3.05, 3.63) is 32.7 Å². The number of nitrogens with one attached hydrogen (secondary N) is 1. The van der Waals surface area contributed by atoms with Gasteiger partial charge in [0.2, 0.25) is 5.95 Å². The van der Waals surface area contributed by atoms with Crippen LogP contribution in [0.5, 0.6) is 0 Å². The molecule has 0 radical (unpaired) electrons. The Morgan fingerprint density at radius 3 is 2.69 bits per heavy atom. The van der Waals surface area contributed by atoms with E-state index in [4.69, 9.17) is 11.6 Å². The van der Waals surface area contributed by atoms with E-state index in [-0.39, 0.29) is 0 Å². The topological polar surface area (TPSA) is 50.7 Å². The van der Waals surface area contributed by atoms with Crippen molar-refractivity contribution in [2.75, 3.05) is 5.32 Å². The highest BCUT2D eigenvalue weighted by molar-refractivity contribution is 7.16. The molecular formula is C10H11ClN4S. The van der Waals surface area contributed by atoms with Gasteiger partial charge in [-0.15, -0.1) is 16.4 Å². The minimum atomic E-state index is 0.549. The number of aromatic nitrogens is 3. The average Bonchev–Trinajstić information content (AvgIpc) is 2.66. The van der Waals surface area contributed by atoms with Gasteiger partial charge in [0.05, 0.1) is 22.3 Å². The molecule has 2 aromatic rings. The lowest BCUT2D eigenvalue weighted by Gasteiger charge is -2.03. The molecule has 2 heterocycles. The second kappa shape index (κ2) is 4.76. The van der Waals surface area contributed by atoms with Crippen molar-refractivity contribution in [2.45, 2.75) is 20.4 Å². The van der Waals surface area contributed by atoms with Crippen LogP contribution in [0.2, 0.25) is 4.34 Å². The van der Waals surface area contributed by atoms with E-state index in [2.05, 4.69) is 20.5 Å². The number of rotatable bonds is 3. The predicted molar refractivity (Wildman–Crippen MR) is 66.0 cm³/mol. The summed E-state index contributed by atoms with van der Waals surface area (Å²) in [6.45, 7) is 4.47. The van der Waals surface area contributed by atoms with Crippen molar-refractivity contribution in [1.82, 2.24) is 15.2 Å².